The van der Waals surface area contributed by atoms with Gasteiger partial charge < -0.3 is 20.8 Å². The third kappa shape index (κ3) is 7.36. The molecule has 5 aromatic carbocycles. The molecule has 18 nitrogen and oxygen atoms in total. The standard InChI is InChI=1S/C28H20N2O16S4/c31-23-11-19(49(41,42)43)7-15-5-17(47(35,36)37)9-21(25(15)23)29-27(33)13-1-2-14(4-3-13)28(34)30-22-10-18(48(38,39)40)6-16-8-20(50(44,45)46)12-24(32)26(16)22/h1-12,31-32H,(H,29,33)(H,30,34)(H,35,36,37)(H,38,39,40)(H,41,42,43)(H,44,45,46). The number of phenols is 2. The summed E-state index contributed by atoms with van der Waals surface area (Å²) in [6.45, 7) is 0. The van der Waals surface area contributed by atoms with Crippen molar-refractivity contribution in [3.05, 3.63) is 83.9 Å². The lowest BCUT2D eigenvalue weighted by Crippen LogP contribution is -2.15. The van der Waals surface area contributed by atoms with E-state index in [9.17, 15) is 71.7 Å². The van der Waals surface area contributed by atoms with Gasteiger partial charge in [-0.1, -0.05) is 0 Å². The molecule has 0 fully saturated rings. The van der Waals surface area contributed by atoms with Crippen molar-refractivity contribution in [2.75, 3.05) is 10.6 Å². The normalized spacial score (nSPS) is 12.6. The Bertz CT molecular complexity index is 2550. The molecule has 0 spiro atoms. The molecule has 5 aromatic rings. The van der Waals surface area contributed by atoms with Crippen LogP contribution in [0.2, 0.25) is 0 Å². The minimum absolute atomic E-state index is 0.171. The maximum atomic E-state index is 13.1. The van der Waals surface area contributed by atoms with Crippen LogP contribution in [-0.2, 0) is 40.5 Å². The van der Waals surface area contributed by atoms with E-state index in [-0.39, 0.29) is 32.7 Å². The van der Waals surface area contributed by atoms with Gasteiger partial charge in [-0.3, -0.25) is 27.8 Å². The number of carbonyl (C=O) groups is 2. The van der Waals surface area contributed by atoms with E-state index in [1.54, 1.807) is 0 Å². The highest BCUT2D eigenvalue weighted by molar-refractivity contribution is 7.86. The predicted molar refractivity (Wildman–Crippen MR) is 173 cm³/mol. The van der Waals surface area contributed by atoms with Gasteiger partial charge in [0.2, 0.25) is 0 Å². The number of aromatic hydroxyl groups is 2. The molecule has 5 rings (SSSR count). The van der Waals surface area contributed by atoms with Gasteiger partial charge in [-0.25, -0.2) is 0 Å². The quantitative estimate of drug-likeness (QED) is 0.105. The summed E-state index contributed by atoms with van der Waals surface area (Å²) < 4.78 is 132. The number of carbonyl (C=O) groups excluding carboxylic acids is 2. The van der Waals surface area contributed by atoms with Gasteiger partial charge in [0.1, 0.15) is 11.5 Å². The first-order valence-electron chi connectivity index (χ1n) is 13.2. The molecule has 8 N–H and O–H groups in total. The molecule has 0 aliphatic rings. The zero-order valence-corrected chi connectivity index (χ0v) is 27.6. The molecule has 22 heteroatoms. The molecule has 0 aromatic heterocycles. The highest BCUT2D eigenvalue weighted by Gasteiger charge is 2.23. The molecule has 0 unspecified atom stereocenters. The Hall–Kier alpha value is -5.20. The Balaban J connectivity index is 1.49. The highest BCUT2D eigenvalue weighted by Crippen LogP contribution is 2.38. The molecule has 0 heterocycles. The minimum Gasteiger partial charge on any atom is -0.507 e. The summed E-state index contributed by atoms with van der Waals surface area (Å²) in [5.74, 6) is -3.53. The molecular formula is C28H20N2O16S4. The van der Waals surface area contributed by atoms with Gasteiger partial charge in [-0.2, -0.15) is 33.7 Å². The van der Waals surface area contributed by atoms with Crippen molar-refractivity contribution in [1.82, 2.24) is 0 Å². The number of hydrogen-bond acceptors (Lipinski definition) is 12. The third-order valence-electron chi connectivity index (χ3n) is 7.05. The van der Waals surface area contributed by atoms with Crippen LogP contribution in [0.25, 0.3) is 21.5 Å². The lowest BCUT2D eigenvalue weighted by Gasteiger charge is -2.14. The largest absolute Gasteiger partial charge is 0.507 e. The summed E-state index contributed by atoms with van der Waals surface area (Å²) in [6.07, 6.45) is 0. The summed E-state index contributed by atoms with van der Waals surface area (Å²) in [5.41, 5.74) is -1.17. The van der Waals surface area contributed by atoms with Crippen LogP contribution in [0.15, 0.2) is 92.4 Å². The van der Waals surface area contributed by atoms with Crippen molar-refractivity contribution >= 4 is 85.2 Å². The number of anilines is 2. The number of hydrogen-bond donors (Lipinski definition) is 8. The molecule has 0 radical (unpaired) electrons. The number of amides is 2. The van der Waals surface area contributed by atoms with Gasteiger partial charge in [-0.05, 0) is 71.4 Å². The summed E-state index contributed by atoms with van der Waals surface area (Å²) in [7, 11) is -19.6. The molecule has 0 saturated heterocycles. The van der Waals surface area contributed by atoms with Gasteiger partial charge >= 0.3 is 0 Å². The Morgan fingerprint density at radius 2 is 0.700 bits per heavy atom. The van der Waals surface area contributed by atoms with Crippen LogP contribution in [0, 0.1) is 0 Å². The molecule has 0 aliphatic carbocycles. The lowest BCUT2D eigenvalue weighted by atomic mass is 10.1. The average molecular weight is 769 g/mol. The smallest absolute Gasteiger partial charge is 0.294 e. The van der Waals surface area contributed by atoms with Crippen LogP contribution < -0.4 is 10.6 Å². The van der Waals surface area contributed by atoms with Crippen molar-refractivity contribution in [3.63, 3.8) is 0 Å². The first-order valence-corrected chi connectivity index (χ1v) is 18.9. The molecule has 0 saturated carbocycles. The molecule has 0 bridgehead atoms. The Morgan fingerprint density at radius 3 is 0.960 bits per heavy atom. The van der Waals surface area contributed by atoms with Gasteiger partial charge in [0.25, 0.3) is 52.3 Å². The van der Waals surface area contributed by atoms with Gasteiger partial charge in [0.15, 0.2) is 0 Å². The van der Waals surface area contributed by atoms with Gasteiger partial charge in [0.05, 0.1) is 31.0 Å². The summed E-state index contributed by atoms with van der Waals surface area (Å²) in [5, 5.41) is 24.4. The number of rotatable bonds is 8. The topological polar surface area (TPSA) is 316 Å². The Labute approximate surface area is 281 Å². The molecule has 262 valence electrons. The van der Waals surface area contributed by atoms with Crippen molar-refractivity contribution in [2.24, 2.45) is 0 Å². The number of benzene rings is 5. The van der Waals surface area contributed by atoms with E-state index in [1.807, 2.05) is 0 Å². The van der Waals surface area contributed by atoms with Crippen molar-refractivity contribution in [1.29, 1.82) is 0 Å². The zero-order valence-electron chi connectivity index (χ0n) is 24.3. The van der Waals surface area contributed by atoms with Crippen LogP contribution in [-0.4, -0.2) is 73.9 Å². The molecule has 50 heavy (non-hydrogen) atoms. The van der Waals surface area contributed by atoms with E-state index in [4.69, 9.17) is 0 Å². The molecule has 0 aliphatic heterocycles. The number of phenolic OH excluding ortho intramolecular Hbond substituents is 2. The fraction of sp³-hybridized carbons (Fsp3) is 0. The number of fused-ring (bicyclic) bond motifs is 2. The summed E-state index contributed by atoms with van der Waals surface area (Å²) in [6, 6.07) is 10.4. The molecule has 0 atom stereocenters. The first-order chi connectivity index (χ1) is 22.9. The second kappa shape index (κ2) is 12.3. The van der Waals surface area contributed by atoms with E-state index in [0.29, 0.717) is 12.1 Å². The van der Waals surface area contributed by atoms with E-state index < -0.39 is 94.7 Å². The van der Waals surface area contributed by atoms with Crippen molar-refractivity contribution in [2.45, 2.75) is 19.6 Å². The summed E-state index contributed by atoms with van der Waals surface area (Å²) in [4.78, 5) is 23.0. The van der Waals surface area contributed by atoms with Gasteiger partial charge in [0, 0.05) is 34.0 Å². The lowest BCUT2D eigenvalue weighted by molar-refractivity contribution is 0.101. The Kier molecular flexibility index (Phi) is 8.87. The predicted octanol–water partition coefficient (Wildman–Crippen LogP) is 2.90. The Morgan fingerprint density at radius 1 is 0.440 bits per heavy atom. The fourth-order valence-corrected chi connectivity index (χ4v) is 6.99. The molecule has 2 amide bonds. The van der Waals surface area contributed by atoms with Crippen LogP contribution in [0.4, 0.5) is 11.4 Å². The second-order valence-electron chi connectivity index (χ2n) is 10.4. The van der Waals surface area contributed by atoms with Crippen molar-refractivity contribution in [3.8, 4) is 11.5 Å². The highest BCUT2D eigenvalue weighted by atomic mass is 32.2. The van der Waals surface area contributed by atoms with E-state index in [0.717, 1.165) is 60.7 Å². The third-order valence-corrected chi connectivity index (χ3v) is 10.4. The van der Waals surface area contributed by atoms with Crippen LogP contribution in [0.5, 0.6) is 11.5 Å². The fourth-order valence-electron chi connectivity index (χ4n) is 4.83. The zero-order chi connectivity index (χ0) is 37.1. The molecular weight excluding hydrogens is 749 g/mol. The first kappa shape index (κ1) is 36.1. The number of nitrogens with one attached hydrogen (secondary N) is 2. The van der Waals surface area contributed by atoms with Crippen LogP contribution >= 0.6 is 0 Å². The maximum absolute atomic E-state index is 13.1. The van der Waals surface area contributed by atoms with Crippen molar-refractivity contribution < 1.29 is 71.7 Å². The second-order valence-corrected chi connectivity index (χ2v) is 16.1. The van der Waals surface area contributed by atoms with E-state index >= 15 is 0 Å². The van der Waals surface area contributed by atoms with E-state index in [1.165, 1.54) is 0 Å². The monoisotopic (exact) mass is 768 g/mol. The maximum Gasteiger partial charge on any atom is 0.294 e. The average Bonchev–Trinajstić information content (AvgIpc) is 2.98. The minimum atomic E-state index is -4.95. The summed E-state index contributed by atoms with van der Waals surface area (Å²) >= 11 is 0. The van der Waals surface area contributed by atoms with E-state index in [2.05, 4.69) is 10.6 Å². The van der Waals surface area contributed by atoms with Crippen LogP contribution in [0.3, 0.4) is 0 Å². The van der Waals surface area contributed by atoms with Crippen LogP contribution in [0.1, 0.15) is 20.7 Å². The SMILES string of the molecule is O=C(Nc1cc(S(=O)(=O)O)cc2cc(S(=O)(=O)O)cc(O)c12)c1ccc(C(=O)Nc2cc(S(=O)(=O)O)cc3cc(S(=O)(=O)O)cc(O)c23)cc1. The van der Waals surface area contributed by atoms with Gasteiger partial charge in [-0.15, -0.1) is 0 Å².